The predicted octanol–water partition coefficient (Wildman–Crippen LogP) is 0.138. The van der Waals surface area contributed by atoms with Crippen molar-refractivity contribution in [3.05, 3.63) is 0 Å². The Morgan fingerprint density at radius 1 is 1.11 bits per heavy atom. The van der Waals surface area contributed by atoms with Crippen LogP contribution in [0.3, 0.4) is 0 Å². The molecule has 2 nitrogen and oxygen atoms in total. The molecule has 2 bridgehead atoms. The van der Waals surface area contributed by atoms with Crippen LogP contribution in [0.1, 0.15) is 19.3 Å². The maximum absolute atomic E-state index is 9.34. The topological polar surface area (TPSA) is 40.5 Å². The molecule has 2 saturated carbocycles. The lowest BCUT2D eigenvalue weighted by Gasteiger charge is -2.13. The SMILES string of the molecule is OC1[C@H]2CC[C@@H]1[C@@H](O)C2. The van der Waals surface area contributed by atoms with Gasteiger partial charge in [0, 0.05) is 5.92 Å². The van der Waals surface area contributed by atoms with Crippen molar-refractivity contribution in [3.8, 4) is 0 Å². The zero-order valence-electron chi connectivity index (χ0n) is 5.33. The molecule has 4 atom stereocenters. The Labute approximate surface area is 54.5 Å². The molecule has 2 aliphatic carbocycles. The molecule has 0 aromatic carbocycles. The van der Waals surface area contributed by atoms with Gasteiger partial charge in [-0.3, -0.25) is 0 Å². The van der Waals surface area contributed by atoms with Gasteiger partial charge in [-0.05, 0) is 25.2 Å². The van der Waals surface area contributed by atoms with E-state index in [9.17, 15) is 10.2 Å². The van der Waals surface area contributed by atoms with Crippen LogP contribution < -0.4 is 0 Å². The molecule has 0 heterocycles. The van der Waals surface area contributed by atoms with Gasteiger partial charge < -0.3 is 10.2 Å². The summed E-state index contributed by atoms with van der Waals surface area (Å²) in [5.41, 5.74) is 0. The Morgan fingerprint density at radius 2 is 1.89 bits per heavy atom. The normalized spacial score (nSPS) is 56.7. The first kappa shape index (κ1) is 5.69. The monoisotopic (exact) mass is 128 g/mol. The number of hydrogen-bond acceptors (Lipinski definition) is 2. The van der Waals surface area contributed by atoms with Gasteiger partial charge in [-0.1, -0.05) is 0 Å². The minimum Gasteiger partial charge on any atom is -0.393 e. The van der Waals surface area contributed by atoms with Crippen LogP contribution in [0.25, 0.3) is 0 Å². The van der Waals surface area contributed by atoms with Crippen molar-refractivity contribution < 1.29 is 10.2 Å². The highest BCUT2D eigenvalue weighted by Crippen LogP contribution is 2.44. The maximum Gasteiger partial charge on any atom is 0.0622 e. The molecule has 52 valence electrons. The first-order valence-electron chi connectivity index (χ1n) is 3.65. The minimum absolute atomic E-state index is 0.181. The van der Waals surface area contributed by atoms with Gasteiger partial charge in [0.2, 0.25) is 0 Å². The summed E-state index contributed by atoms with van der Waals surface area (Å²) in [5, 5.41) is 18.6. The first-order valence-corrected chi connectivity index (χ1v) is 3.65. The van der Waals surface area contributed by atoms with Gasteiger partial charge in [0.15, 0.2) is 0 Å². The third kappa shape index (κ3) is 0.634. The van der Waals surface area contributed by atoms with Gasteiger partial charge in [0.1, 0.15) is 0 Å². The second-order valence-corrected chi connectivity index (χ2v) is 3.29. The summed E-state index contributed by atoms with van der Waals surface area (Å²) in [7, 11) is 0. The van der Waals surface area contributed by atoms with Gasteiger partial charge in [-0.2, -0.15) is 0 Å². The quantitative estimate of drug-likeness (QED) is 0.487. The highest BCUT2D eigenvalue weighted by atomic mass is 16.3. The van der Waals surface area contributed by atoms with Crippen molar-refractivity contribution in [3.63, 3.8) is 0 Å². The van der Waals surface area contributed by atoms with Crippen LogP contribution >= 0.6 is 0 Å². The Bertz CT molecular complexity index is 124. The minimum atomic E-state index is -0.196. The van der Waals surface area contributed by atoms with E-state index in [0.717, 1.165) is 19.3 Å². The lowest BCUT2D eigenvalue weighted by atomic mass is 9.98. The Morgan fingerprint density at radius 3 is 2.11 bits per heavy atom. The average Bonchev–Trinajstić information content (AvgIpc) is 2.25. The van der Waals surface area contributed by atoms with Crippen molar-refractivity contribution in [2.24, 2.45) is 11.8 Å². The molecule has 2 heteroatoms. The fourth-order valence-corrected chi connectivity index (χ4v) is 2.26. The smallest absolute Gasteiger partial charge is 0.0622 e. The molecule has 0 aliphatic heterocycles. The van der Waals surface area contributed by atoms with E-state index >= 15 is 0 Å². The molecule has 9 heavy (non-hydrogen) atoms. The van der Waals surface area contributed by atoms with Crippen molar-refractivity contribution in [2.75, 3.05) is 0 Å². The molecule has 0 aromatic rings. The van der Waals surface area contributed by atoms with E-state index in [0.29, 0.717) is 5.92 Å². The zero-order chi connectivity index (χ0) is 6.43. The van der Waals surface area contributed by atoms with Crippen molar-refractivity contribution in [2.45, 2.75) is 31.5 Å². The zero-order valence-corrected chi connectivity index (χ0v) is 5.33. The number of hydrogen-bond donors (Lipinski definition) is 2. The Hall–Kier alpha value is -0.0800. The van der Waals surface area contributed by atoms with Crippen LogP contribution in [0.5, 0.6) is 0 Å². The molecule has 0 amide bonds. The largest absolute Gasteiger partial charge is 0.393 e. The first-order chi connectivity index (χ1) is 4.29. The lowest BCUT2D eigenvalue weighted by molar-refractivity contribution is 0.0738. The van der Waals surface area contributed by atoms with Crippen LogP contribution in [0, 0.1) is 11.8 Å². The van der Waals surface area contributed by atoms with E-state index in [1.807, 2.05) is 0 Å². The molecule has 0 aromatic heterocycles. The van der Waals surface area contributed by atoms with E-state index < -0.39 is 0 Å². The van der Waals surface area contributed by atoms with Gasteiger partial charge in [0.05, 0.1) is 12.2 Å². The molecular weight excluding hydrogens is 116 g/mol. The number of rotatable bonds is 0. The second kappa shape index (κ2) is 1.70. The lowest BCUT2D eigenvalue weighted by Crippen LogP contribution is -2.19. The van der Waals surface area contributed by atoms with Gasteiger partial charge in [-0.25, -0.2) is 0 Å². The van der Waals surface area contributed by atoms with Gasteiger partial charge in [-0.15, -0.1) is 0 Å². The van der Waals surface area contributed by atoms with E-state index in [2.05, 4.69) is 0 Å². The molecule has 0 radical (unpaired) electrons. The van der Waals surface area contributed by atoms with E-state index in [-0.39, 0.29) is 18.1 Å². The summed E-state index contributed by atoms with van der Waals surface area (Å²) in [6.45, 7) is 0. The fourth-order valence-electron chi connectivity index (χ4n) is 2.26. The number of fused-ring (bicyclic) bond motifs is 2. The molecule has 2 fully saturated rings. The summed E-state index contributed by atoms with van der Waals surface area (Å²) in [5.74, 6) is 0.639. The second-order valence-electron chi connectivity index (χ2n) is 3.29. The predicted molar refractivity (Wildman–Crippen MR) is 32.8 cm³/mol. The maximum atomic E-state index is 9.34. The van der Waals surface area contributed by atoms with Crippen LogP contribution in [0.2, 0.25) is 0 Å². The fraction of sp³-hybridized carbons (Fsp3) is 1.00. The summed E-state index contributed by atoms with van der Waals surface area (Å²) < 4.78 is 0. The van der Waals surface area contributed by atoms with Crippen molar-refractivity contribution in [1.29, 1.82) is 0 Å². The molecule has 0 spiro atoms. The number of aliphatic hydroxyl groups is 2. The Kier molecular flexibility index (Phi) is 1.08. The van der Waals surface area contributed by atoms with E-state index in [1.54, 1.807) is 0 Å². The molecule has 2 rings (SSSR count). The van der Waals surface area contributed by atoms with Crippen LogP contribution in [0.15, 0.2) is 0 Å². The third-order valence-corrected chi connectivity index (χ3v) is 2.83. The molecular formula is C7H12O2. The standard InChI is InChI=1S/C7H12O2/c8-6-3-4-1-2-5(6)7(4)9/h4-9H,1-3H2/t4-,5+,6-,7?/m0/s1. The summed E-state index contributed by atoms with van der Waals surface area (Å²) in [6.07, 6.45) is 2.63. The average molecular weight is 128 g/mol. The number of aliphatic hydroxyl groups excluding tert-OH is 2. The summed E-state index contributed by atoms with van der Waals surface area (Å²) in [4.78, 5) is 0. The van der Waals surface area contributed by atoms with Gasteiger partial charge in [0.25, 0.3) is 0 Å². The van der Waals surface area contributed by atoms with E-state index in [4.69, 9.17) is 0 Å². The van der Waals surface area contributed by atoms with E-state index in [1.165, 1.54) is 0 Å². The molecule has 2 N–H and O–H groups in total. The summed E-state index contributed by atoms with van der Waals surface area (Å²) in [6, 6.07) is 0. The molecule has 1 unspecified atom stereocenters. The van der Waals surface area contributed by atoms with Crippen LogP contribution in [-0.4, -0.2) is 22.4 Å². The molecule has 0 saturated heterocycles. The third-order valence-electron chi connectivity index (χ3n) is 2.83. The van der Waals surface area contributed by atoms with Crippen molar-refractivity contribution in [1.82, 2.24) is 0 Å². The van der Waals surface area contributed by atoms with Crippen LogP contribution in [-0.2, 0) is 0 Å². The summed E-state index contributed by atoms with van der Waals surface area (Å²) >= 11 is 0. The Balaban J connectivity index is 2.16. The molecule has 2 aliphatic rings. The van der Waals surface area contributed by atoms with Crippen LogP contribution in [0.4, 0.5) is 0 Å². The van der Waals surface area contributed by atoms with Gasteiger partial charge >= 0.3 is 0 Å². The highest BCUT2D eigenvalue weighted by molar-refractivity contribution is 4.96. The van der Waals surface area contributed by atoms with Crippen molar-refractivity contribution >= 4 is 0 Å². The highest BCUT2D eigenvalue weighted by Gasteiger charge is 2.46.